The van der Waals surface area contributed by atoms with Gasteiger partial charge in [0.1, 0.15) is 0 Å². The normalized spacial score (nSPS) is 21.8. The van der Waals surface area contributed by atoms with Crippen molar-refractivity contribution < 1.29 is 29.0 Å². The van der Waals surface area contributed by atoms with Crippen LogP contribution in [0.3, 0.4) is 0 Å². The first-order chi connectivity index (χ1) is 9.74. The number of methoxy groups -OCH3 is 1. The number of nitrogens with zero attached hydrogens (tertiary/aromatic N) is 1. The predicted molar refractivity (Wildman–Crippen MR) is 73.5 cm³/mol. The van der Waals surface area contributed by atoms with Gasteiger partial charge in [-0.1, -0.05) is 13.8 Å². The molecule has 2 unspecified atom stereocenters. The van der Waals surface area contributed by atoms with Crippen LogP contribution in [0.5, 0.6) is 0 Å². The smallest absolute Gasteiger partial charge is 0.331 e. The summed E-state index contributed by atoms with van der Waals surface area (Å²) in [6, 6.07) is -0.804. The van der Waals surface area contributed by atoms with Crippen molar-refractivity contribution in [2.24, 2.45) is 11.3 Å². The highest BCUT2D eigenvalue weighted by molar-refractivity contribution is 5.88. The number of carbonyl (C=O) groups excluding carboxylic acids is 2. The van der Waals surface area contributed by atoms with Crippen LogP contribution in [0.1, 0.15) is 27.2 Å². The van der Waals surface area contributed by atoms with Crippen molar-refractivity contribution in [1.82, 2.24) is 4.90 Å². The molecule has 0 radical (unpaired) electrons. The summed E-state index contributed by atoms with van der Waals surface area (Å²) in [5.41, 5.74) is -1.17. The Kier molecular flexibility index (Phi) is 5.71. The van der Waals surface area contributed by atoms with Gasteiger partial charge >= 0.3 is 11.9 Å². The molecule has 2 atom stereocenters. The first kappa shape index (κ1) is 17.4. The molecule has 0 aromatic carbocycles. The highest BCUT2D eigenvalue weighted by Gasteiger charge is 2.42. The largest absolute Gasteiger partial charge is 0.481 e. The van der Waals surface area contributed by atoms with E-state index in [1.165, 1.54) is 12.0 Å². The van der Waals surface area contributed by atoms with E-state index in [0.717, 1.165) is 0 Å². The maximum atomic E-state index is 12.5. The molecule has 1 amide bonds. The molecule has 0 saturated carbocycles. The van der Waals surface area contributed by atoms with Gasteiger partial charge in [0.05, 0.1) is 25.7 Å². The molecule has 1 rings (SSSR count). The molecule has 120 valence electrons. The molecular formula is C14H23NO6. The molecule has 0 spiro atoms. The quantitative estimate of drug-likeness (QED) is 0.744. The number of carbonyl (C=O) groups is 3. The Hall–Kier alpha value is -1.63. The van der Waals surface area contributed by atoms with Gasteiger partial charge in [0, 0.05) is 13.0 Å². The van der Waals surface area contributed by atoms with Gasteiger partial charge in [-0.15, -0.1) is 0 Å². The van der Waals surface area contributed by atoms with Crippen molar-refractivity contribution in [1.29, 1.82) is 0 Å². The summed E-state index contributed by atoms with van der Waals surface area (Å²) < 4.78 is 9.87. The van der Waals surface area contributed by atoms with Crippen molar-refractivity contribution in [3.8, 4) is 0 Å². The molecule has 1 fully saturated rings. The zero-order valence-electron chi connectivity index (χ0n) is 12.9. The molecule has 1 saturated heterocycles. The molecule has 1 N–H and O–H groups in total. The number of morpholine rings is 1. The van der Waals surface area contributed by atoms with Crippen LogP contribution in [0, 0.1) is 11.3 Å². The number of esters is 1. The SMILES string of the molecule is COC(=O)C1COCCN1C(=O)CC(C)(C(=O)O)C(C)C. The van der Waals surface area contributed by atoms with E-state index in [1.807, 2.05) is 0 Å². The van der Waals surface area contributed by atoms with Gasteiger partial charge in [0.15, 0.2) is 6.04 Å². The van der Waals surface area contributed by atoms with Crippen molar-refractivity contribution in [3.63, 3.8) is 0 Å². The highest BCUT2D eigenvalue weighted by atomic mass is 16.5. The topological polar surface area (TPSA) is 93.1 Å². The molecule has 1 aliphatic rings. The van der Waals surface area contributed by atoms with Gasteiger partial charge in [-0.05, 0) is 12.8 Å². The minimum atomic E-state index is -1.17. The summed E-state index contributed by atoms with van der Waals surface area (Å²) in [6.45, 7) is 5.73. The van der Waals surface area contributed by atoms with Crippen LogP contribution in [0.15, 0.2) is 0 Å². The highest BCUT2D eigenvalue weighted by Crippen LogP contribution is 2.32. The second-order valence-corrected chi connectivity index (χ2v) is 5.76. The number of carboxylic acid groups (broad SMARTS) is 1. The van der Waals surface area contributed by atoms with Crippen LogP contribution >= 0.6 is 0 Å². The van der Waals surface area contributed by atoms with E-state index >= 15 is 0 Å². The Labute approximate surface area is 124 Å². The van der Waals surface area contributed by atoms with Gasteiger partial charge in [0.2, 0.25) is 5.91 Å². The van der Waals surface area contributed by atoms with E-state index in [4.69, 9.17) is 4.74 Å². The fourth-order valence-electron chi connectivity index (χ4n) is 2.18. The molecule has 7 nitrogen and oxygen atoms in total. The van der Waals surface area contributed by atoms with E-state index in [2.05, 4.69) is 4.74 Å². The molecule has 0 aromatic rings. The molecule has 7 heteroatoms. The Balaban J connectivity index is 2.89. The zero-order chi connectivity index (χ0) is 16.2. The van der Waals surface area contributed by atoms with Gasteiger partial charge in [-0.25, -0.2) is 4.79 Å². The van der Waals surface area contributed by atoms with E-state index in [9.17, 15) is 19.5 Å². The monoisotopic (exact) mass is 301 g/mol. The van der Waals surface area contributed by atoms with E-state index in [1.54, 1.807) is 20.8 Å². The fraction of sp³-hybridized carbons (Fsp3) is 0.786. The predicted octanol–water partition coefficient (Wildman–Crippen LogP) is 0.524. The minimum Gasteiger partial charge on any atom is -0.481 e. The van der Waals surface area contributed by atoms with Gasteiger partial charge in [-0.2, -0.15) is 0 Å². The molecule has 0 aliphatic carbocycles. The van der Waals surface area contributed by atoms with Gasteiger partial charge < -0.3 is 19.5 Å². The van der Waals surface area contributed by atoms with Gasteiger partial charge in [0.25, 0.3) is 0 Å². The molecular weight excluding hydrogens is 278 g/mol. The fourth-order valence-corrected chi connectivity index (χ4v) is 2.18. The number of ether oxygens (including phenoxy) is 2. The number of hydrogen-bond donors (Lipinski definition) is 1. The second kappa shape index (κ2) is 6.89. The number of amides is 1. The zero-order valence-corrected chi connectivity index (χ0v) is 12.9. The Bertz CT molecular complexity index is 422. The van der Waals surface area contributed by atoms with Crippen molar-refractivity contribution in [2.45, 2.75) is 33.2 Å². The number of rotatable bonds is 5. The van der Waals surface area contributed by atoms with Crippen LogP contribution in [0.2, 0.25) is 0 Å². The first-order valence-electron chi connectivity index (χ1n) is 6.92. The van der Waals surface area contributed by atoms with E-state index in [0.29, 0.717) is 6.61 Å². The standard InChI is InChI=1S/C14H23NO6/c1-9(2)14(3,13(18)19)7-11(16)15-5-6-21-8-10(15)12(17)20-4/h9-10H,5-8H2,1-4H3,(H,18,19). The lowest BCUT2D eigenvalue weighted by Crippen LogP contribution is -2.54. The Morgan fingerprint density at radius 1 is 1.43 bits per heavy atom. The third-order valence-corrected chi connectivity index (χ3v) is 4.20. The van der Waals surface area contributed by atoms with Crippen LogP contribution in [0.25, 0.3) is 0 Å². The van der Waals surface area contributed by atoms with Crippen LogP contribution < -0.4 is 0 Å². The van der Waals surface area contributed by atoms with Crippen LogP contribution in [0.4, 0.5) is 0 Å². The van der Waals surface area contributed by atoms with Crippen molar-refractivity contribution in [3.05, 3.63) is 0 Å². The summed E-state index contributed by atoms with van der Waals surface area (Å²) in [5.74, 6) is -2.15. The third-order valence-electron chi connectivity index (χ3n) is 4.20. The lowest BCUT2D eigenvalue weighted by molar-refractivity contribution is -0.164. The average molecular weight is 301 g/mol. The maximum absolute atomic E-state index is 12.5. The van der Waals surface area contributed by atoms with Crippen molar-refractivity contribution in [2.75, 3.05) is 26.9 Å². The molecule has 0 bridgehead atoms. The van der Waals surface area contributed by atoms with Crippen LogP contribution in [-0.4, -0.2) is 60.8 Å². The summed E-state index contributed by atoms with van der Waals surface area (Å²) in [6.07, 6.45) is -0.159. The molecule has 21 heavy (non-hydrogen) atoms. The summed E-state index contributed by atoms with van der Waals surface area (Å²) in [5, 5.41) is 9.38. The van der Waals surface area contributed by atoms with Crippen molar-refractivity contribution >= 4 is 17.8 Å². The minimum absolute atomic E-state index is 0.0733. The van der Waals surface area contributed by atoms with E-state index in [-0.39, 0.29) is 31.4 Å². The summed E-state index contributed by atoms with van der Waals surface area (Å²) >= 11 is 0. The molecule has 1 heterocycles. The second-order valence-electron chi connectivity index (χ2n) is 5.76. The number of hydrogen-bond acceptors (Lipinski definition) is 5. The molecule has 0 aromatic heterocycles. The van der Waals surface area contributed by atoms with Gasteiger partial charge in [-0.3, -0.25) is 9.59 Å². The number of carboxylic acids is 1. The lowest BCUT2D eigenvalue weighted by atomic mass is 9.76. The summed E-state index contributed by atoms with van der Waals surface area (Å²) in [4.78, 5) is 37.0. The Morgan fingerprint density at radius 3 is 2.52 bits per heavy atom. The lowest BCUT2D eigenvalue weighted by Gasteiger charge is -2.36. The number of aliphatic carboxylic acids is 1. The van der Waals surface area contributed by atoms with E-state index < -0.39 is 23.4 Å². The average Bonchev–Trinajstić information content (AvgIpc) is 2.45. The third kappa shape index (κ3) is 3.72. The first-order valence-corrected chi connectivity index (χ1v) is 6.92. The molecule has 1 aliphatic heterocycles. The maximum Gasteiger partial charge on any atom is 0.331 e. The Morgan fingerprint density at radius 2 is 2.05 bits per heavy atom. The van der Waals surface area contributed by atoms with Crippen LogP contribution in [-0.2, 0) is 23.9 Å². The summed E-state index contributed by atoms with van der Waals surface area (Å²) in [7, 11) is 1.25.